The molecule has 1 aromatic heterocycles. The Hall–Kier alpha value is -6.90. The Morgan fingerprint density at radius 3 is 1.95 bits per heavy atom. The van der Waals surface area contributed by atoms with Crippen LogP contribution < -0.4 is 4.90 Å². The molecule has 0 atom stereocenters. The second-order valence-electron chi connectivity index (χ2n) is 15.9. The van der Waals surface area contributed by atoms with E-state index < -0.39 is 0 Å². The summed E-state index contributed by atoms with van der Waals surface area (Å²) in [7, 11) is 0. The van der Waals surface area contributed by atoms with Gasteiger partial charge in [0.15, 0.2) is 0 Å². The van der Waals surface area contributed by atoms with Gasteiger partial charge >= 0.3 is 0 Å². The molecule has 9 aromatic carbocycles. The average molecular weight is 745 g/mol. The molecule has 0 bridgehead atoms. The van der Waals surface area contributed by atoms with Gasteiger partial charge in [0.2, 0.25) is 0 Å². The Bertz CT molecular complexity index is 3100. The third-order valence-electron chi connectivity index (χ3n) is 12.5. The summed E-state index contributed by atoms with van der Waals surface area (Å²) in [4.78, 5) is 2.50. The summed E-state index contributed by atoms with van der Waals surface area (Å²) >= 11 is 0. The van der Waals surface area contributed by atoms with Crippen LogP contribution in [0.4, 0.5) is 17.1 Å². The topological polar surface area (TPSA) is 8.17 Å². The zero-order valence-corrected chi connectivity index (χ0v) is 32.6. The lowest BCUT2D eigenvalue weighted by atomic mass is 9.80. The van der Waals surface area contributed by atoms with Gasteiger partial charge in [0.05, 0.1) is 22.4 Å². The van der Waals surface area contributed by atoms with Crippen molar-refractivity contribution in [2.24, 2.45) is 0 Å². The molecule has 0 aliphatic heterocycles. The van der Waals surface area contributed by atoms with E-state index in [0.29, 0.717) is 5.92 Å². The summed E-state index contributed by atoms with van der Waals surface area (Å²) in [6.07, 6.45) is 6.51. The van der Waals surface area contributed by atoms with Crippen LogP contribution in [0.15, 0.2) is 200 Å². The molecule has 0 amide bonds. The van der Waals surface area contributed by atoms with Crippen molar-refractivity contribution in [2.75, 3.05) is 4.90 Å². The number of anilines is 3. The molecule has 0 radical (unpaired) electrons. The average Bonchev–Trinajstić information content (AvgIpc) is 3.63. The summed E-state index contributed by atoms with van der Waals surface area (Å²) in [6, 6.07) is 74.0. The molecule has 2 nitrogen and oxygen atoms in total. The van der Waals surface area contributed by atoms with Crippen LogP contribution in [0.1, 0.15) is 43.6 Å². The minimum absolute atomic E-state index is 0.593. The third-order valence-corrected chi connectivity index (χ3v) is 12.5. The third kappa shape index (κ3) is 5.87. The molecule has 1 aliphatic rings. The van der Waals surface area contributed by atoms with Crippen LogP contribution in [0.25, 0.3) is 71.3 Å². The highest BCUT2D eigenvalue weighted by molar-refractivity contribution is 6.11. The van der Waals surface area contributed by atoms with Crippen LogP contribution in [0.2, 0.25) is 0 Å². The molecule has 58 heavy (non-hydrogen) atoms. The molecule has 0 saturated heterocycles. The monoisotopic (exact) mass is 744 g/mol. The molecular formula is C56H44N2. The second kappa shape index (κ2) is 14.6. The highest BCUT2D eigenvalue weighted by atomic mass is 15.1. The minimum atomic E-state index is 0.593. The number of fused-ring (bicyclic) bond motifs is 5. The zero-order chi connectivity index (χ0) is 38.4. The molecule has 1 fully saturated rings. The normalized spacial score (nSPS) is 13.4. The first kappa shape index (κ1) is 34.4. The van der Waals surface area contributed by atoms with Crippen LogP contribution in [0.5, 0.6) is 0 Å². The van der Waals surface area contributed by atoms with Gasteiger partial charge in [0, 0.05) is 33.1 Å². The number of hydrogen-bond acceptors (Lipinski definition) is 1. The summed E-state index contributed by atoms with van der Waals surface area (Å²) in [5.41, 5.74) is 13.5. The largest absolute Gasteiger partial charge is 0.309 e. The molecule has 10 aromatic rings. The fraction of sp³-hybridized carbons (Fsp3) is 0.107. The number of benzene rings is 9. The van der Waals surface area contributed by atoms with Gasteiger partial charge in [-0.3, -0.25) is 0 Å². The minimum Gasteiger partial charge on any atom is -0.309 e. The fourth-order valence-corrected chi connectivity index (χ4v) is 9.89. The van der Waals surface area contributed by atoms with Crippen LogP contribution >= 0.6 is 0 Å². The van der Waals surface area contributed by atoms with Crippen molar-refractivity contribution in [3.63, 3.8) is 0 Å². The number of nitrogens with zero attached hydrogens (tertiary/aromatic N) is 2. The molecule has 0 unspecified atom stereocenters. The Labute approximate surface area is 340 Å². The quantitative estimate of drug-likeness (QED) is 0.158. The Morgan fingerprint density at radius 1 is 0.414 bits per heavy atom. The first-order valence-electron chi connectivity index (χ1n) is 20.9. The smallest absolute Gasteiger partial charge is 0.0541 e. The lowest BCUT2D eigenvalue weighted by Crippen LogP contribution is -2.12. The predicted molar refractivity (Wildman–Crippen MR) is 247 cm³/mol. The molecule has 0 N–H and O–H groups in total. The molecule has 0 spiro atoms. The highest BCUT2D eigenvalue weighted by Crippen LogP contribution is 2.47. The Morgan fingerprint density at radius 2 is 1.05 bits per heavy atom. The van der Waals surface area contributed by atoms with Gasteiger partial charge in [-0.25, -0.2) is 0 Å². The number of rotatable bonds is 7. The molecule has 1 saturated carbocycles. The SMILES string of the molecule is c1ccc(-n2c3ccccc3c3cc(-c4cccc(N(c5ccccc5-c5cccc6cccc(C7CCCCC7)c56)c5cccc6ccccc56)c4)ccc32)cc1. The summed E-state index contributed by atoms with van der Waals surface area (Å²) < 4.78 is 2.39. The van der Waals surface area contributed by atoms with Crippen LogP contribution in [0.3, 0.4) is 0 Å². The van der Waals surface area contributed by atoms with E-state index in [2.05, 4.69) is 210 Å². The number of hydrogen-bond donors (Lipinski definition) is 0. The van der Waals surface area contributed by atoms with Gasteiger partial charge in [0.1, 0.15) is 0 Å². The highest BCUT2D eigenvalue weighted by Gasteiger charge is 2.24. The van der Waals surface area contributed by atoms with Gasteiger partial charge in [-0.05, 0) is 112 Å². The van der Waals surface area contributed by atoms with Gasteiger partial charge in [-0.1, -0.05) is 165 Å². The van der Waals surface area contributed by atoms with Crippen LogP contribution in [-0.2, 0) is 0 Å². The van der Waals surface area contributed by atoms with Crippen molar-refractivity contribution in [1.82, 2.24) is 4.57 Å². The van der Waals surface area contributed by atoms with E-state index in [0.717, 1.165) is 11.4 Å². The van der Waals surface area contributed by atoms with E-state index in [1.54, 1.807) is 0 Å². The van der Waals surface area contributed by atoms with Crippen LogP contribution in [0, 0.1) is 0 Å². The van der Waals surface area contributed by atoms with Crippen molar-refractivity contribution in [1.29, 1.82) is 0 Å². The standard InChI is InChI=1S/C56H44N2/c1-3-17-40(18-4-1)47-30-14-21-41-22-15-31-50(56(41)47)48-28-9-11-32-53(48)58(52-34-16-20-39-19-7-8-27-46(39)52)45-26-13-23-42(37-45)43-35-36-55-51(38-43)49-29-10-12-33-54(49)57(55)44-24-5-2-6-25-44/h2,5-16,19-38,40H,1,3-4,17-18H2. The van der Waals surface area contributed by atoms with Crippen molar-refractivity contribution in [3.8, 4) is 27.9 Å². The van der Waals surface area contributed by atoms with Gasteiger partial charge in [-0.2, -0.15) is 0 Å². The van der Waals surface area contributed by atoms with Gasteiger partial charge in [-0.15, -0.1) is 0 Å². The van der Waals surface area contributed by atoms with Crippen molar-refractivity contribution >= 4 is 60.4 Å². The summed E-state index contributed by atoms with van der Waals surface area (Å²) in [5.74, 6) is 0.593. The maximum Gasteiger partial charge on any atom is 0.0541 e. The lowest BCUT2D eigenvalue weighted by Gasteiger charge is -2.30. The molecule has 278 valence electrons. The van der Waals surface area contributed by atoms with E-state index in [9.17, 15) is 0 Å². The van der Waals surface area contributed by atoms with E-state index >= 15 is 0 Å². The van der Waals surface area contributed by atoms with Crippen molar-refractivity contribution in [3.05, 3.63) is 206 Å². The van der Waals surface area contributed by atoms with Gasteiger partial charge < -0.3 is 9.47 Å². The molecule has 11 rings (SSSR count). The van der Waals surface area contributed by atoms with Crippen LogP contribution in [-0.4, -0.2) is 4.57 Å². The Kier molecular flexibility index (Phi) is 8.62. The van der Waals surface area contributed by atoms with Gasteiger partial charge in [0.25, 0.3) is 0 Å². The fourth-order valence-electron chi connectivity index (χ4n) is 9.89. The van der Waals surface area contributed by atoms with E-state index in [-0.39, 0.29) is 0 Å². The molecule has 2 heteroatoms. The van der Waals surface area contributed by atoms with Crippen molar-refractivity contribution < 1.29 is 0 Å². The molecular weight excluding hydrogens is 701 g/mol. The summed E-state index contributed by atoms with van der Waals surface area (Å²) in [5, 5.41) is 7.68. The Balaban J connectivity index is 1.11. The first-order valence-corrected chi connectivity index (χ1v) is 20.9. The second-order valence-corrected chi connectivity index (χ2v) is 15.9. The number of para-hydroxylation sites is 3. The lowest BCUT2D eigenvalue weighted by molar-refractivity contribution is 0.445. The zero-order valence-electron chi connectivity index (χ0n) is 32.6. The first-order chi connectivity index (χ1) is 28.8. The van der Waals surface area contributed by atoms with E-state index in [4.69, 9.17) is 0 Å². The van der Waals surface area contributed by atoms with Crippen molar-refractivity contribution in [2.45, 2.75) is 38.0 Å². The maximum atomic E-state index is 2.50. The summed E-state index contributed by atoms with van der Waals surface area (Å²) in [6.45, 7) is 0. The van der Waals surface area contributed by atoms with E-state index in [1.807, 2.05) is 0 Å². The molecule has 1 aliphatic carbocycles. The number of aromatic nitrogens is 1. The van der Waals surface area contributed by atoms with E-state index in [1.165, 1.54) is 115 Å². The predicted octanol–water partition coefficient (Wildman–Crippen LogP) is 15.9. The molecule has 1 heterocycles. The maximum absolute atomic E-state index is 2.50.